The van der Waals surface area contributed by atoms with Gasteiger partial charge in [0.2, 0.25) is 0 Å². The molecule has 0 heterocycles. The average molecular weight is 594 g/mol. The molecule has 0 aliphatic carbocycles. The van der Waals surface area contributed by atoms with Gasteiger partial charge in [-0.25, -0.2) is 0 Å². The van der Waals surface area contributed by atoms with Gasteiger partial charge >= 0.3 is 7.60 Å². The molecule has 0 radical (unpaired) electrons. The first-order chi connectivity index (χ1) is 18.4. The van der Waals surface area contributed by atoms with Crippen molar-refractivity contribution in [2.75, 3.05) is 12.7 Å². The van der Waals surface area contributed by atoms with Crippen molar-refractivity contribution in [3.63, 3.8) is 0 Å². The SMILES string of the molecule is O=P(O)(O)CCCCCCCCCCCCCCCCCCCCCCCCCCCCCCNC(=S)S. The third kappa shape index (κ3) is 36.4. The summed E-state index contributed by atoms with van der Waals surface area (Å²) in [6.07, 6.45) is 37.5. The maximum absolute atomic E-state index is 10.8. The second kappa shape index (κ2) is 30.4. The molecule has 0 bridgehead atoms. The van der Waals surface area contributed by atoms with Crippen LogP contribution in [0.4, 0.5) is 0 Å². The van der Waals surface area contributed by atoms with Crippen molar-refractivity contribution in [1.29, 1.82) is 0 Å². The first kappa shape index (κ1) is 38.4. The molecule has 0 spiro atoms. The van der Waals surface area contributed by atoms with Crippen LogP contribution in [0.2, 0.25) is 0 Å². The number of hydrogen-bond acceptors (Lipinski definition) is 2. The van der Waals surface area contributed by atoms with E-state index in [-0.39, 0.29) is 6.16 Å². The van der Waals surface area contributed by atoms with E-state index < -0.39 is 7.60 Å². The third-order valence-corrected chi connectivity index (χ3v) is 8.85. The van der Waals surface area contributed by atoms with Crippen LogP contribution in [0.25, 0.3) is 0 Å². The molecule has 0 amide bonds. The molecule has 3 N–H and O–H groups in total. The second-order valence-electron chi connectivity index (χ2n) is 11.5. The first-order valence-corrected chi connectivity index (χ1v) is 19.1. The van der Waals surface area contributed by atoms with Gasteiger partial charge in [0.1, 0.15) is 4.32 Å². The molecule has 7 heteroatoms. The monoisotopic (exact) mass is 593 g/mol. The standard InChI is InChI=1S/C31H64NO3PS2/c33-36(34,35)30-28-26-24-22-20-18-16-14-12-10-8-6-4-2-1-3-5-7-9-11-13-15-17-19-21-23-25-27-29-32-31(37)38/h1-30H2,(H2,32,37,38)(H2,33,34,35). The summed E-state index contributed by atoms with van der Waals surface area (Å²) in [5.41, 5.74) is 0. The highest BCUT2D eigenvalue weighted by atomic mass is 32.1. The highest BCUT2D eigenvalue weighted by Crippen LogP contribution is 2.35. The smallest absolute Gasteiger partial charge is 0.325 e. The molecule has 0 rings (SSSR count). The van der Waals surface area contributed by atoms with Crippen molar-refractivity contribution in [2.45, 2.75) is 180 Å². The highest BCUT2D eigenvalue weighted by Gasteiger charge is 2.10. The fourth-order valence-corrected chi connectivity index (χ4v) is 6.08. The summed E-state index contributed by atoms with van der Waals surface area (Å²) in [6, 6.07) is 0. The van der Waals surface area contributed by atoms with Crippen LogP contribution in [0.5, 0.6) is 0 Å². The molecule has 0 aromatic carbocycles. The van der Waals surface area contributed by atoms with Gasteiger partial charge in [0.15, 0.2) is 0 Å². The molecule has 0 saturated carbocycles. The van der Waals surface area contributed by atoms with Crippen LogP contribution in [0.1, 0.15) is 180 Å². The first-order valence-electron chi connectivity index (χ1n) is 16.4. The molecule has 0 aliphatic heterocycles. The molecule has 0 aliphatic rings. The van der Waals surface area contributed by atoms with Crippen LogP contribution in [-0.4, -0.2) is 26.8 Å². The number of rotatable bonds is 31. The lowest BCUT2D eigenvalue weighted by Crippen LogP contribution is -2.17. The molecule has 38 heavy (non-hydrogen) atoms. The summed E-state index contributed by atoms with van der Waals surface area (Å²) >= 11 is 8.97. The Balaban J connectivity index is 3.06. The topological polar surface area (TPSA) is 69.6 Å². The van der Waals surface area contributed by atoms with Crippen molar-refractivity contribution in [3.8, 4) is 0 Å². The Morgan fingerprint density at radius 2 is 0.684 bits per heavy atom. The summed E-state index contributed by atoms with van der Waals surface area (Å²) in [6.45, 7) is 0.975. The van der Waals surface area contributed by atoms with Crippen LogP contribution in [0.15, 0.2) is 0 Å². The minimum absolute atomic E-state index is 0.0577. The zero-order valence-corrected chi connectivity index (χ0v) is 27.4. The van der Waals surface area contributed by atoms with Gasteiger partial charge in [-0.2, -0.15) is 0 Å². The van der Waals surface area contributed by atoms with E-state index in [0.717, 1.165) is 19.4 Å². The summed E-state index contributed by atoms with van der Waals surface area (Å²) in [4.78, 5) is 17.7. The lowest BCUT2D eigenvalue weighted by Gasteiger charge is -2.05. The molecule has 0 aromatic heterocycles. The Labute approximate surface area is 248 Å². The molecule has 0 unspecified atom stereocenters. The number of hydrogen-bond donors (Lipinski definition) is 4. The third-order valence-electron chi connectivity index (χ3n) is 7.65. The summed E-state index contributed by atoms with van der Waals surface area (Å²) < 4.78 is 11.4. The van der Waals surface area contributed by atoms with Crippen LogP contribution in [0, 0.1) is 0 Å². The van der Waals surface area contributed by atoms with Gasteiger partial charge in [0, 0.05) is 12.7 Å². The molecule has 0 saturated heterocycles. The van der Waals surface area contributed by atoms with Gasteiger partial charge in [-0.1, -0.05) is 179 Å². The fraction of sp³-hybridized carbons (Fsp3) is 0.968. The minimum atomic E-state index is -3.77. The van der Waals surface area contributed by atoms with Crippen molar-refractivity contribution >= 4 is 36.8 Å². The lowest BCUT2D eigenvalue weighted by molar-refractivity contribution is 0.370. The molecule has 0 aromatic rings. The molecular formula is C31H64NO3PS2. The Morgan fingerprint density at radius 1 is 0.474 bits per heavy atom. The van der Waals surface area contributed by atoms with Gasteiger partial charge < -0.3 is 15.1 Å². The highest BCUT2D eigenvalue weighted by molar-refractivity contribution is 8.11. The normalized spacial score (nSPS) is 11.8. The number of thiol groups is 1. The Morgan fingerprint density at radius 3 is 0.895 bits per heavy atom. The maximum Gasteiger partial charge on any atom is 0.325 e. The molecule has 228 valence electrons. The van der Waals surface area contributed by atoms with Crippen molar-refractivity contribution in [1.82, 2.24) is 5.32 Å². The Kier molecular flexibility index (Phi) is 30.7. The van der Waals surface area contributed by atoms with E-state index in [2.05, 4.69) is 17.9 Å². The zero-order chi connectivity index (χ0) is 28.0. The van der Waals surface area contributed by atoms with E-state index in [1.165, 1.54) is 161 Å². The molecule has 0 fully saturated rings. The van der Waals surface area contributed by atoms with Crippen LogP contribution in [0.3, 0.4) is 0 Å². The van der Waals surface area contributed by atoms with E-state index in [4.69, 9.17) is 22.0 Å². The van der Waals surface area contributed by atoms with E-state index in [1.54, 1.807) is 0 Å². The van der Waals surface area contributed by atoms with Crippen molar-refractivity contribution in [2.24, 2.45) is 0 Å². The second-order valence-corrected chi connectivity index (χ2v) is 14.5. The average Bonchev–Trinajstić information content (AvgIpc) is 2.86. The van der Waals surface area contributed by atoms with Gasteiger partial charge in [-0.05, 0) is 12.8 Å². The minimum Gasteiger partial charge on any atom is -0.371 e. The van der Waals surface area contributed by atoms with Crippen LogP contribution < -0.4 is 5.32 Å². The largest absolute Gasteiger partial charge is 0.371 e. The Hall–Kier alpha value is 0.390. The number of nitrogens with one attached hydrogen (secondary N) is 1. The van der Waals surface area contributed by atoms with Gasteiger partial charge in [0.05, 0.1) is 0 Å². The summed E-state index contributed by atoms with van der Waals surface area (Å²) in [7, 11) is -3.77. The van der Waals surface area contributed by atoms with Crippen molar-refractivity contribution in [3.05, 3.63) is 0 Å². The van der Waals surface area contributed by atoms with Crippen molar-refractivity contribution < 1.29 is 14.4 Å². The predicted molar refractivity (Wildman–Crippen MR) is 176 cm³/mol. The maximum atomic E-state index is 10.8. The molecule has 4 nitrogen and oxygen atoms in total. The van der Waals surface area contributed by atoms with Gasteiger partial charge in [0.25, 0.3) is 0 Å². The lowest BCUT2D eigenvalue weighted by atomic mass is 10.0. The fourth-order valence-electron chi connectivity index (χ4n) is 5.23. The van der Waals surface area contributed by atoms with Gasteiger partial charge in [-0.3, -0.25) is 4.57 Å². The predicted octanol–water partition coefficient (Wildman–Crippen LogP) is 10.9. The zero-order valence-electron chi connectivity index (χ0n) is 24.8. The molecule has 0 atom stereocenters. The van der Waals surface area contributed by atoms with Gasteiger partial charge in [-0.15, -0.1) is 12.6 Å². The van der Waals surface area contributed by atoms with E-state index in [1.807, 2.05) is 0 Å². The Bertz CT molecular complexity index is 545. The molecular weight excluding hydrogens is 529 g/mol. The van der Waals surface area contributed by atoms with Crippen LogP contribution in [-0.2, 0) is 4.57 Å². The van der Waals surface area contributed by atoms with E-state index in [9.17, 15) is 4.57 Å². The van der Waals surface area contributed by atoms with Crippen LogP contribution >= 0.6 is 32.4 Å². The van der Waals surface area contributed by atoms with E-state index >= 15 is 0 Å². The van der Waals surface area contributed by atoms with E-state index in [0.29, 0.717) is 10.7 Å². The summed E-state index contributed by atoms with van der Waals surface area (Å²) in [5, 5.41) is 3.10. The quantitative estimate of drug-likeness (QED) is 0.0279. The number of thiocarbonyl (C=S) groups is 1. The summed E-state index contributed by atoms with van der Waals surface area (Å²) in [5.74, 6) is 0. The number of unbranched alkanes of at least 4 members (excludes halogenated alkanes) is 27.